The van der Waals surface area contributed by atoms with Gasteiger partial charge < -0.3 is 5.11 Å². The van der Waals surface area contributed by atoms with Crippen LogP contribution in [0.1, 0.15) is 45.4 Å². The van der Waals surface area contributed by atoms with E-state index >= 15 is 0 Å². The van der Waals surface area contributed by atoms with E-state index in [-0.39, 0.29) is 0 Å². The SMILES string of the molecule is CC(C)Cn1ncnc1CN(C)CC1(O)CCCC1. The van der Waals surface area contributed by atoms with Crippen LogP contribution in [0.3, 0.4) is 0 Å². The van der Waals surface area contributed by atoms with Gasteiger partial charge in [-0.05, 0) is 25.8 Å². The average Bonchev–Trinajstić information content (AvgIpc) is 2.88. The number of likely N-dealkylation sites (N-methyl/N-ethyl adjacent to an activating group) is 1. The number of aromatic nitrogens is 3. The second-order valence-electron chi connectivity index (χ2n) is 6.36. The van der Waals surface area contributed by atoms with E-state index in [1.54, 1.807) is 6.33 Å². The van der Waals surface area contributed by atoms with Gasteiger partial charge in [-0.1, -0.05) is 26.7 Å². The molecular weight excluding hydrogens is 240 g/mol. The molecule has 0 radical (unpaired) electrons. The summed E-state index contributed by atoms with van der Waals surface area (Å²) >= 11 is 0. The topological polar surface area (TPSA) is 54.2 Å². The third-order valence-electron chi connectivity index (χ3n) is 3.74. The van der Waals surface area contributed by atoms with Crippen LogP contribution in [0.5, 0.6) is 0 Å². The van der Waals surface area contributed by atoms with Crippen molar-refractivity contribution in [1.82, 2.24) is 19.7 Å². The Morgan fingerprint density at radius 1 is 1.42 bits per heavy atom. The van der Waals surface area contributed by atoms with Crippen LogP contribution in [0.15, 0.2) is 6.33 Å². The van der Waals surface area contributed by atoms with Crippen LogP contribution in [0.25, 0.3) is 0 Å². The predicted octanol–water partition coefficient (Wildman–Crippen LogP) is 1.67. The van der Waals surface area contributed by atoms with Crippen molar-refractivity contribution in [2.45, 2.75) is 58.2 Å². The van der Waals surface area contributed by atoms with Crippen molar-refractivity contribution in [2.24, 2.45) is 5.92 Å². The molecule has 1 heterocycles. The Bertz CT molecular complexity index is 396. The highest BCUT2D eigenvalue weighted by atomic mass is 16.3. The number of nitrogens with zero attached hydrogens (tertiary/aromatic N) is 4. The van der Waals surface area contributed by atoms with E-state index in [0.717, 1.165) is 51.1 Å². The fourth-order valence-electron chi connectivity index (χ4n) is 2.90. The third kappa shape index (κ3) is 4.01. The molecule has 19 heavy (non-hydrogen) atoms. The van der Waals surface area contributed by atoms with Crippen molar-refractivity contribution in [3.8, 4) is 0 Å². The van der Waals surface area contributed by atoms with Gasteiger partial charge in [0, 0.05) is 13.1 Å². The first-order chi connectivity index (χ1) is 8.98. The van der Waals surface area contributed by atoms with Crippen LogP contribution in [0.2, 0.25) is 0 Å². The van der Waals surface area contributed by atoms with Gasteiger partial charge in [-0.25, -0.2) is 9.67 Å². The molecule has 0 aliphatic heterocycles. The molecule has 5 nitrogen and oxygen atoms in total. The van der Waals surface area contributed by atoms with Crippen LogP contribution in [0, 0.1) is 5.92 Å². The van der Waals surface area contributed by atoms with Crippen LogP contribution in [-0.2, 0) is 13.1 Å². The molecule has 1 aliphatic carbocycles. The fourth-order valence-corrected chi connectivity index (χ4v) is 2.90. The van der Waals surface area contributed by atoms with Crippen LogP contribution in [-0.4, -0.2) is 44.0 Å². The molecule has 108 valence electrons. The second kappa shape index (κ2) is 6.01. The zero-order valence-corrected chi connectivity index (χ0v) is 12.3. The molecule has 0 saturated heterocycles. The molecule has 5 heteroatoms. The van der Waals surface area contributed by atoms with Gasteiger partial charge >= 0.3 is 0 Å². The molecule has 0 spiro atoms. The highest BCUT2D eigenvalue weighted by Gasteiger charge is 2.32. The lowest BCUT2D eigenvalue weighted by atomic mass is 10.0. The summed E-state index contributed by atoms with van der Waals surface area (Å²) in [6.07, 6.45) is 5.77. The van der Waals surface area contributed by atoms with Crippen LogP contribution >= 0.6 is 0 Å². The van der Waals surface area contributed by atoms with Crippen molar-refractivity contribution >= 4 is 0 Å². The van der Waals surface area contributed by atoms with Gasteiger partial charge in [0.25, 0.3) is 0 Å². The molecule has 1 aromatic rings. The van der Waals surface area contributed by atoms with Crippen molar-refractivity contribution in [1.29, 1.82) is 0 Å². The van der Waals surface area contributed by atoms with E-state index in [1.165, 1.54) is 0 Å². The van der Waals surface area contributed by atoms with E-state index < -0.39 is 5.60 Å². The molecule has 0 atom stereocenters. The van der Waals surface area contributed by atoms with Crippen LogP contribution < -0.4 is 0 Å². The molecule has 0 bridgehead atoms. The van der Waals surface area contributed by atoms with Gasteiger partial charge in [-0.2, -0.15) is 5.10 Å². The number of hydrogen-bond donors (Lipinski definition) is 1. The minimum absolute atomic E-state index is 0.488. The van der Waals surface area contributed by atoms with Crippen molar-refractivity contribution < 1.29 is 5.11 Å². The number of aliphatic hydroxyl groups is 1. The van der Waals surface area contributed by atoms with E-state index in [0.29, 0.717) is 5.92 Å². The van der Waals surface area contributed by atoms with Gasteiger partial charge in [-0.3, -0.25) is 4.90 Å². The zero-order chi connectivity index (χ0) is 13.9. The van der Waals surface area contributed by atoms with E-state index in [9.17, 15) is 5.11 Å². The average molecular weight is 266 g/mol. The predicted molar refractivity (Wildman–Crippen MR) is 74.6 cm³/mol. The molecule has 1 aliphatic rings. The standard InChI is InChI=1S/C14H26N4O/c1-12(2)8-18-13(15-11-16-18)9-17(3)10-14(19)6-4-5-7-14/h11-12,19H,4-10H2,1-3H3. The lowest BCUT2D eigenvalue weighted by Gasteiger charge is -2.28. The third-order valence-corrected chi connectivity index (χ3v) is 3.74. The summed E-state index contributed by atoms with van der Waals surface area (Å²) < 4.78 is 1.97. The highest BCUT2D eigenvalue weighted by Crippen LogP contribution is 2.30. The second-order valence-corrected chi connectivity index (χ2v) is 6.36. The lowest BCUT2D eigenvalue weighted by molar-refractivity contribution is 0.0136. The summed E-state index contributed by atoms with van der Waals surface area (Å²) in [5, 5.41) is 14.7. The zero-order valence-electron chi connectivity index (χ0n) is 12.3. The molecule has 2 rings (SSSR count). The Morgan fingerprint density at radius 3 is 2.74 bits per heavy atom. The van der Waals surface area contributed by atoms with E-state index in [2.05, 4.69) is 28.8 Å². The molecule has 0 amide bonds. The van der Waals surface area contributed by atoms with Gasteiger partial charge in [0.15, 0.2) is 0 Å². The maximum absolute atomic E-state index is 10.4. The lowest BCUT2D eigenvalue weighted by Crippen LogP contribution is -2.39. The first-order valence-corrected chi connectivity index (χ1v) is 7.26. The quantitative estimate of drug-likeness (QED) is 0.851. The Hall–Kier alpha value is -0.940. The Balaban J connectivity index is 1.91. The molecule has 0 unspecified atom stereocenters. The first kappa shape index (κ1) is 14.5. The van der Waals surface area contributed by atoms with Crippen molar-refractivity contribution in [3.05, 3.63) is 12.2 Å². The normalized spacial score (nSPS) is 18.6. The molecule has 1 saturated carbocycles. The minimum atomic E-state index is -0.488. The van der Waals surface area contributed by atoms with Gasteiger partial charge in [0.2, 0.25) is 0 Å². The van der Waals surface area contributed by atoms with E-state index in [1.807, 2.05) is 11.7 Å². The summed E-state index contributed by atoms with van der Waals surface area (Å²) in [5.41, 5.74) is -0.488. The molecule has 1 aromatic heterocycles. The van der Waals surface area contributed by atoms with Crippen LogP contribution in [0.4, 0.5) is 0 Å². The Kier molecular flexibility index (Phi) is 4.58. The summed E-state index contributed by atoms with van der Waals surface area (Å²) in [7, 11) is 2.05. The summed E-state index contributed by atoms with van der Waals surface area (Å²) in [6.45, 7) is 6.72. The monoisotopic (exact) mass is 266 g/mol. The summed E-state index contributed by atoms with van der Waals surface area (Å²) in [4.78, 5) is 6.49. The van der Waals surface area contributed by atoms with Crippen molar-refractivity contribution in [3.63, 3.8) is 0 Å². The van der Waals surface area contributed by atoms with Gasteiger partial charge in [0.1, 0.15) is 12.2 Å². The van der Waals surface area contributed by atoms with E-state index in [4.69, 9.17) is 0 Å². The highest BCUT2D eigenvalue weighted by molar-refractivity contribution is 4.90. The molecule has 0 aromatic carbocycles. The maximum Gasteiger partial charge on any atom is 0.141 e. The maximum atomic E-state index is 10.4. The van der Waals surface area contributed by atoms with Gasteiger partial charge in [0.05, 0.1) is 12.1 Å². The largest absolute Gasteiger partial charge is 0.389 e. The number of rotatable bonds is 6. The Morgan fingerprint density at radius 2 is 2.11 bits per heavy atom. The van der Waals surface area contributed by atoms with Crippen molar-refractivity contribution in [2.75, 3.05) is 13.6 Å². The molecular formula is C14H26N4O. The first-order valence-electron chi connectivity index (χ1n) is 7.26. The molecule has 1 N–H and O–H groups in total. The number of hydrogen-bond acceptors (Lipinski definition) is 4. The smallest absolute Gasteiger partial charge is 0.141 e. The molecule has 1 fully saturated rings. The minimum Gasteiger partial charge on any atom is -0.389 e. The van der Waals surface area contributed by atoms with Gasteiger partial charge in [-0.15, -0.1) is 0 Å². The Labute approximate surface area is 115 Å². The summed E-state index contributed by atoms with van der Waals surface area (Å²) in [5.74, 6) is 1.54. The fraction of sp³-hybridized carbons (Fsp3) is 0.857. The summed E-state index contributed by atoms with van der Waals surface area (Å²) in [6, 6.07) is 0.